The van der Waals surface area contributed by atoms with Gasteiger partial charge < -0.3 is 11.1 Å². The minimum Gasteiger partial charge on any atom is -0.397 e. The van der Waals surface area contributed by atoms with E-state index in [0.29, 0.717) is 6.54 Å². The average Bonchev–Trinajstić information content (AvgIpc) is 2.32. The van der Waals surface area contributed by atoms with Gasteiger partial charge >= 0.3 is 0 Å². The zero-order valence-electron chi connectivity index (χ0n) is 9.57. The van der Waals surface area contributed by atoms with Crippen LogP contribution in [-0.4, -0.2) is 4.98 Å². The molecule has 3 N–H and O–H groups in total. The van der Waals surface area contributed by atoms with E-state index >= 15 is 0 Å². The van der Waals surface area contributed by atoms with E-state index in [9.17, 15) is 0 Å². The third-order valence-electron chi connectivity index (χ3n) is 2.58. The van der Waals surface area contributed by atoms with Gasteiger partial charge in [-0.1, -0.05) is 22.0 Å². The zero-order valence-corrected chi connectivity index (χ0v) is 11.2. The minimum atomic E-state index is 0.674. The van der Waals surface area contributed by atoms with E-state index in [1.54, 1.807) is 6.20 Å². The number of aromatic nitrogens is 1. The van der Waals surface area contributed by atoms with Crippen LogP contribution in [0.3, 0.4) is 0 Å². The van der Waals surface area contributed by atoms with Gasteiger partial charge in [0.05, 0.1) is 23.6 Å². The van der Waals surface area contributed by atoms with Crippen molar-refractivity contribution >= 4 is 27.3 Å². The van der Waals surface area contributed by atoms with Crippen LogP contribution in [0.4, 0.5) is 11.4 Å². The van der Waals surface area contributed by atoms with Crippen LogP contribution in [0.2, 0.25) is 0 Å². The van der Waals surface area contributed by atoms with E-state index in [0.717, 1.165) is 21.5 Å². The number of hydrogen-bond acceptors (Lipinski definition) is 3. The highest BCUT2D eigenvalue weighted by molar-refractivity contribution is 9.10. The Hall–Kier alpha value is -1.55. The predicted molar refractivity (Wildman–Crippen MR) is 74.9 cm³/mol. The second-order valence-corrected chi connectivity index (χ2v) is 4.77. The highest BCUT2D eigenvalue weighted by Crippen LogP contribution is 2.23. The van der Waals surface area contributed by atoms with Gasteiger partial charge in [-0.25, -0.2) is 0 Å². The van der Waals surface area contributed by atoms with Crippen LogP contribution in [0.15, 0.2) is 41.0 Å². The normalized spacial score (nSPS) is 10.2. The number of benzene rings is 1. The second-order valence-electron chi connectivity index (χ2n) is 3.85. The van der Waals surface area contributed by atoms with Gasteiger partial charge in [0.2, 0.25) is 0 Å². The summed E-state index contributed by atoms with van der Waals surface area (Å²) in [7, 11) is 0. The van der Waals surface area contributed by atoms with Gasteiger partial charge in [-0.05, 0) is 36.8 Å². The molecule has 3 nitrogen and oxygen atoms in total. The van der Waals surface area contributed by atoms with E-state index in [1.165, 1.54) is 5.56 Å². The first-order valence-corrected chi connectivity index (χ1v) is 6.15. The molecule has 1 aromatic heterocycles. The lowest BCUT2D eigenvalue weighted by Gasteiger charge is -2.10. The highest BCUT2D eigenvalue weighted by Gasteiger charge is 2.02. The maximum atomic E-state index is 5.89. The number of nitrogen functional groups attached to an aromatic ring is 1. The van der Waals surface area contributed by atoms with Crippen LogP contribution in [0.25, 0.3) is 0 Å². The summed E-state index contributed by atoms with van der Waals surface area (Å²) in [6.45, 7) is 2.72. The van der Waals surface area contributed by atoms with Crippen molar-refractivity contribution in [2.45, 2.75) is 13.5 Å². The van der Waals surface area contributed by atoms with E-state index in [1.807, 2.05) is 37.3 Å². The van der Waals surface area contributed by atoms with Gasteiger partial charge in [-0.2, -0.15) is 0 Å². The summed E-state index contributed by atoms with van der Waals surface area (Å²) in [5, 5.41) is 3.29. The quantitative estimate of drug-likeness (QED) is 0.853. The number of rotatable bonds is 3. The van der Waals surface area contributed by atoms with Crippen LogP contribution in [0.5, 0.6) is 0 Å². The largest absolute Gasteiger partial charge is 0.397 e. The monoisotopic (exact) mass is 291 g/mol. The number of nitrogens with two attached hydrogens (primary N) is 1. The Morgan fingerprint density at radius 3 is 2.94 bits per heavy atom. The second kappa shape index (κ2) is 5.19. The van der Waals surface area contributed by atoms with Gasteiger partial charge in [0.1, 0.15) is 0 Å². The summed E-state index contributed by atoms with van der Waals surface area (Å²) in [5.74, 6) is 0. The van der Waals surface area contributed by atoms with Gasteiger partial charge in [0, 0.05) is 10.7 Å². The topological polar surface area (TPSA) is 50.9 Å². The fourth-order valence-electron chi connectivity index (χ4n) is 1.56. The molecule has 0 spiro atoms. The van der Waals surface area contributed by atoms with Gasteiger partial charge in [-0.3, -0.25) is 4.98 Å². The lowest BCUT2D eigenvalue weighted by Crippen LogP contribution is -2.05. The third-order valence-corrected chi connectivity index (χ3v) is 3.07. The Bertz CT molecular complexity index is 526. The van der Waals surface area contributed by atoms with Crippen molar-refractivity contribution in [1.82, 2.24) is 4.98 Å². The standard InChI is InChI=1S/C13H14BrN3/c1-9-3-2-6-16-13(9)8-17-12-7-10(14)4-5-11(12)15/h2-7,17H,8,15H2,1H3. The highest BCUT2D eigenvalue weighted by atomic mass is 79.9. The number of aryl methyl sites for hydroxylation is 1. The predicted octanol–water partition coefficient (Wildman–Crippen LogP) is 3.35. The molecule has 0 aliphatic carbocycles. The van der Waals surface area contributed by atoms with Crippen molar-refractivity contribution in [3.8, 4) is 0 Å². The molecule has 88 valence electrons. The number of pyridine rings is 1. The van der Waals surface area contributed by atoms with Gasteiger partial charge in [0.15, 0.2) is 0 Å². The number of nitrogens with zero attached hydrogens (tertiary/aromatic N) is 1. The Morgan fingerprint density at radius 1 is 1.35 bits per heavy atom. The number of anilines is 2. The first-order valence-electron chi connectivity index (χ1n) is 5.36. The van der Waals surface area contributed by atoms with Crippen molar-refractivity contribution in [3.05, 3.63) is 52.3 Å². The van der Waals surface area contributed by atoms with Gasteiger partial charge in [-0.15, -0.1) is 0 Å². The maximum absolute atomic E-state index is 5.89. The lowest BCUT2D eigenvalue weighted by atomic mass is 10.2. The van der Waals surface area contributed by atoms with Crippen molar-refractivity contribution < 1.29 is 0 Å². The van der Waals surface area contributed by atoms with E-state index in [2.05, 4.69) is 26.2 Å². The molecule has 17 heavy (non-hydrogen) atoms. The van der Waals surface area contributed by atoms with Crippen LogP contribution in [0.1, 0.15) is 11.3 Å². The molecule has 1 aromatic carbocycles. The van der Waals surface area contributed by atoms with Crippen molar-refractivity contribution in [1.29, 1.82) is 0 Å². The van der Waals surface area contributed by atoms with Crippen LogP contribution >= 0.6 is 15.9 Å². The first-order chi connectivity index (χ1) is 8.16. The lowest BCUT2D eigenvalue weighted by molar-refractivity contribution is 1.02. The Morgan fingerprint density at radius 2 is 2.18 bits per heavy atom. The molecule has 0 fully saturated rings. The molecule has 0 aliphatic heterocycles. The summed E-state index contributed by atoms with van der Waals surface area (Å²) in [6, 6.07) is 9.75. The molecule has 2 aromatic rings. The minimum absolute atomic E-state index is 0.674. The van der Waals surface area contributed by atoms with E-state index in [-0.39, 0.29) is 0 Å². The average molecular weight is 292 g/mol. The number of hydrogen-bond donors (Lipinski definition) is 2. The SMILES string of the molecule is Cc1cccnc1CNc1cc(Br)ccc1N. The molecule has 0 bridgehead atoms. The molecule has 4 heteroatoms. The summed E-state index contributed by atoms with van der Waals surface area (Å²) < 4.78 is 1.01. The number of nitrogens with one attached hydrogen (secondary N) is 1. The van der Waals surface area contributed by atoms with Crippen LogP contribution in [-0.2, 0) is 6.54 Å². The molecular weight excluding hydrogens is 278 g/mol. The zero-order chi connectivity index (χ0) is 12.3. The van der Waals surface area contributed by atoms with E-state index < -0.39 is 0 Å². The molecule has 2 rings (SSSR count). The Balaban J connectivity index is 2.12. The van der Waals surface area contributed by atoms with Crippen molar-refractivity contribution in [2.24, 2.45) is 0 Å². The molecule has 0 saturated heterocycles. The molecule has 0 unspecified atom stereocenters. The number of halogens is 1. The smallest absolute Gasteiger partial charge is 0.0623 e. The molecule has 1 heterocycles. The van der Waals surface area contributed by atoms with Gasteiger partial charge in [0.25, 0.3) is 0 Å². The van der Waals surface area contributed by atoms with Crippen LogP contribution < -0.4 is 11.1 Å². The first kappa shape index (κ1) is 11.9. The summed E-state index contributed by atoms with van der Waals surface area (Å²) in [6.07, 6.45) is 1.80. The third kappa shape index (κ3) is 2.97. The summed E-state index contributed by atoms with van der Waals surface area (Å²) in [5.41, 5.74) is 9.76. The fraction of sp³-hybridized carbons (Fsp3) is 0.154. The Kier molecular flexibility index (Phi) is 3.64. The molecule has 0 atom stereocenters. The van der Waals surface area contributed by atoms with E-state index in [4.69, 9.17) is 5.73 Å². The summed E-state index contributed by atoms with van der Waals surface area (Å²) in [4.78, 5) is 4.33. The van der Waals surface area contributed by atoms with Crippen molar-refractivity contribution in [3.63, 3.8) is 0 Å². The van der Waals surface area contributed by atoms with Crippen molar-refractivity contribution in [2.75, 3.05) is 11.1 Å². The molecule has 0 saturated carbocycles. The molecular formula is C13H14BrN3. The molecule has 0 aliphatic rings. The summed E-state index contributed by atoms with van der Waals surface area (Å²) >= 11 is 3.43. The molecule has 0 amide bonds. The fourth-order valence-corrected chi connectivity index (χ4v) is 1.93. The molecule has 0 radical (unpaired) electrons. The Labute approximate surface area is 109 Å². The van der Waals surface area contributed by atoms with Crippen LogP contribution in [0, 0.1) is 6.92 Å². The maximum Gasteiger partial charge on any atom is 0.0623 e.